The van der Waals surface area contributed by atoms with Gasteiger partial charge in [-0.3, -0.25) is 0 Å². The molecule has 0 saturated heterocycles. The van der Waals surface area contributed by atoms with Gasteiger partial charge in [0.05, 0.1) is 0 Å². The number of hydrogen-bond acceptors (Lipinski definition) is 3. The molecule has 1 heterocycles. The first kappa shape index (κ1) is 17.2. The summed E-state index contributed by atoms with van der Waals surface area (Å²) in [5.74, 6) is 1.76. The van der Waals surface area contributed by atoms with E-state index in [1.165, 1.54) is 6.42 Å². The quantitative estimate of drug-likeness (QED) is 0.832. The molecule has 0 spiro atoms. The molecule has 0 aliphatic heterocycles. The lowest BCUT2D eigenvalue weighted by molar-refractivity contribution is 0.221. The molecule has 2 unspecified atom stereocenters. The van der Waals surface area contributed by atoms with Crippen LogP contribution in [0.4, 0.5) is 0 Å². The molecule has 0 radical (unpaired) electrons. The Morgan fingerprint density at radius 2 is 1.90 bits per heavy atom. The van der Waals surface area contributed by atoms with Crippen LogP contribution in [-0.4, -0.2) is 27.4 Å². The number of nitrogens with zero attached hydrogens (tertiary/aromatic N) is 3. The van der Waals surface area contributed by atoms with E-state index in [4.69, 9.17) is 0 Å². The van der Waals surface area contributed by atoms with Crippen LogP contribution in [-0.2, 0) is 6.42 Å². The first-order chi connectivity index (χ1) is 9.25. The van der Waals surface area contributed by atoms with E-state index in [0.29, 0.717) is 23.4 Å². The highest BCUT2D eigenvalue weighted by Gasteiger charge is 2.24. The maximum atomic E-state index is 4.44. The predicted octanol–water partition coefficient (Wildman–Crippen LogP) is 3.45. The summed E-state index contributed by atoms with van der Waals surface area (Å²) in [7, 11) is 0. The van der Waals surface area contributed by atoms with Crippen molar-refractivity contribution in [2.45, 2.75) is 73.4 Å². The fourth-order valence-corrected chi connectivity index (χ4v) is 2.38. The molecule has 0 aliphatic rings. The maximum Gasteiger partial charge on any atom is 0.138 e. The molecule has 20 heavy (non-hydrogen) atoms. The summed E-state index contributed by atoms with van der Waals surface area (Å²) in [6.45, 7) is 16.8. The van der Waals surface area contributed by atoms with E-state index >= 15 is 0 Å². The van der Waals surface area contributed by atoms with Crippen LogP contribution in [0, 0.1) is 11.3 Å². The third kappa shape index (κ3) is 4.89. The lowest BCUT2D eigenvalue weighted by atomic mass is 9.78. The number of nitrogens with one attached hydrogen (secondary N) is 1. The average Bonchev–Trinajstić information content (AvgIpc) is 2.76. The largest absolute Gasteiger partial charge is 0.314 e. The summed E-state index contributed by atoms with van der Waals surface area (Å²) in [5, 5.41) is 7.94. The van der Waals surface area contributed by atoms with E-state index in [2.05, 4.69) is 63.9 Å². The molecule has 0 aliphatic carbocycles. The fraction of sp³-hybridized carbons (Fsp3) is 0.875. The smallest absolute Gasteiger partial charge is 0.138 e. The molecule has 4 nitrogen and oxygen atoms in total. The second kappa shape index (κ2) is 7.21. The minimum atomic E-state index is 0.347. The summed E-state index contributed by atoms with van der Waals surface area (Å²) in [6, 6.07) is 0.839. The molecule has 1 aromatic heterocycles. The van der Waals surface area contributed by atoms with Crippen LogP contribution in [0.3, 0.4) is 0 Å². The topological polar surface area (TPSA) is 42.7 Å². The molecule has 1 rings (SSSR count). The van der Waals surface area contributed by atoms with Gasteiger partial charge in [-0.1, -0.05) is 34.6 Å². The molecule has 4 heteroatoms. The van der Waals surface area contributed by atoms with Gasteiger partial charge in [0.25, 0.3) is 0 Å². The lowest BCUT2D eigenvalue weighted by Crippen LogP contribution is -2.36. The zero-order chi connectivity index (χ0) is 15.3. The zero-order valence-electron chi connectivity index (χ0n) is 14.3. The van der Waals surface area contributed by atoms with Crippen molar-refractivity contribution in [1.29, 1.82) is 0 Å². The predicted molar refractivity (Wildman–Crippen MR) is 84.8 cm³/mol. The summed E-state index contributed by atoms with van der Waals surface area (Å²) >= 11 is 0. The summed E-state index contributed by atoms with van der Waals surface area (Å²) in [6.07, 6.45) is 3.79. The number of hydrogen-bond donors (Lipinski definition) is 1. The van der Waals surface area contributed by atoms with E-state index in [-0.39, 0.29) is 0 Å². The van der Waals surface area contributed by atoms with E-state index in [1.807, 2.05) is 4.68 Å². The average molecular weight is 280 g/mol. The Morgan fingerprint density at radius 3 is 2.40 bits per heavy atom. The molecule has 0 saturated carbocycles. The van der Waals surface area contributed by atoms with Crippen molar-refractivity contribution in [3.63, 3.8) is 0 Å². The highest BCUT2D eigenvalue weighted by atomic mass is 15.3. The van der Waals surface area contributed by atoms with Crippen LogP contribution in [0.25, 0.3) is 0 Å². The third-order valence-corrected chi connectivity index (χ3v) is 4.17. The van der Waals surface area contributed by atoms with Gasteiger partial charge in [-0.25, -0.2) is 9.67 Å². The van der Waals surface area contributed by atoms with Gasteiger partial charge in [-0.15, -0.1) is 0 Å². The van der Waals surface area contributed by atoms with Crippen molar-refractivity contribution in [3.8, 4) is 0 Å². The highest BCUT2D eigenvalue weighted by Crippen LogP contribution is 2.29. The second-order valence-electron chi connectivity index (χ2n) is 7.18. The number of likely N-dealkylation sites (N-methyl/N-ethyl adjacent to an activating group) is 1. The Bertz CT molecular complexity index is 389. The molecule has 0 bridgehead atoms. The molecular weight excluding hydrogens is 248 g/mol. The van der Waals surface area contributed by atoms with Crippen molar-refractivity contribution in [2.75, 3.05) is 6.54 Å². The number of aromatic nitrogens is 3. The summed E-state index contributed by atoms with van der Waals surface area (Å²) in [5.41, 5.74) is 0.347. The Kier molecular flexibility index (Phi) is 6.18. The minimum Gasteiger partial charge on any atom is -0.314 e. The Labute approximate surface area is 124 Å². The summed E-state index contributed by atoms with van der Waals surface area (Å²) in [4.78, 5) is 4.44. The van der Waals surface area contributed by atoms with Crippen LogP contribution in [0.1, 0.15) is 66.8 Å². The molecule has 0 aromatic carbocycles. The lowest BCUT2D eigenvalue weighted by Gasteiger charge is -2.31. The minimum absolute atomic E-state index is 0.347. The van der Waals surface area contributed by atoms with Crippen LogP contribution in [0.15, 0.2) is 6.33 Å². The summed E-state index contributed by atoms with van der Waals surface area (Å²) < 4.78 is 2.03. The molecule has 0 fully saturated rings. The van der Waals surface area contributed by atoms with Crippen molar-refractivity contribution in [1.82, 2.24) is 20.1 Å². The van der Waals surface area contributed by atoms with Gasteiger partial charge < -0.3 is 5.32 Å². The van der Waals surface area contributed by atoms with Gasteiger partial charge in [0.1, 0.15) is 12.2 Å². The maximum absolute atomic E-state index is 4.44. The monoisotopic (exact) mass is 280 g/mol. The number of rotatable bonds is 7. The molecule has 1 aromatic rings. The van der Waals surface area contributed by atoms with Crippen molar-refractivity contribution < 1.29 is 0 Å². The normalized spacial score (nSPS) is 15.6. The van der Waals surface area contributed by atoms with E-state index in [0.717, 1.165) is 18.8 Å². The van der Waals surface area contributed by atoms with E-state index < -0.39 is 0 Å². The molecule has 1 N–H and O–H groups in total. The van der Waals surface area contributed by atoms with Crippen LogP contribution in [0.2, 0.25) is 0 Å². The van der Waals surface area contributed by atoms with Crippen LogP contribution in [0.5, 0.6) is 0 Å². The van der Waals surface area contributed by atoms with Gasteiger partial charge in [0.15, 0.2) is 0 Å². The van der Waals surface area contributed by atoms with E-state index in [1.54, 1.807) is 6.33 Å². The zero-order valence-corrected chi connectivity index (χ0v) is 14.3. The van der Waals surface area contributed by atoms with E-state index in [9.17, 15) is 0 Å². The van der Waals surface area contributed by atoms with Gasteiger partial charge in [-0.2, -0.15) is 5.10 Å². The first-order valence-corrected chi connectivity index (χ1v) is 7.87. The Hall–Kier alpha value is -0.900. The Morgan fingerprint density at radius 1 is 1.25 bits per heavy atom. The molecular formula is C16H32N4. The standard InChI is InChI=1S/C16H32N4/c1-8-17-14(9-13(4)16(5,6)7)10-15-18-11-19-20(15)12(2)3/h11-14,17H,8-10H2,1-7H3. The van der Waals surface area contributed by atoms with Crippen molar-refractivity contribution in [3.05, 3.63) is 12.2 Å². The van der Waals surface area contributed by atoms with Crippen LogP contribution < -0.4 is 5.32 Å². The van der Waals surface area contributed by atoms with Crippen LogP contribution >= 0.6 is 0 Å². The Balaban J connectivity index is 2.74. The van der Waals surface area contributed by atoms with Crippen molar-refractivity contribution in [2.24, 2.45) is 11.3 Å². The van der Waals surface area contributed by atoms with Gasteiger partial charge in [-0.05, 0) is 38.1 Å². The van der Waals surface area contributed by atoms with Gasteiger partial charge in [0.2, 0.25) is 0 Å². The highest BCUT2D eigenvalue weighted by molar-refractivity contribution is 4.92. The molecule has 116 valence electrons. The molecule has 2 atom stereocenters. The molecule has 0 amide bonds. The second-order valence-corrected chi connectivity index (χ2v) is 7.18. The van der Waals surface area contributed by atoms with Gasteiger partial charge in [0, 0.05) is 18.5 Å². The third-order valence-electron chi connectivity index (χ3n) is 4.17. The SMILES string of the molecule is CCNC(Cc1ncnn1C(C)C)CC(C)C(C)(C)C. The first-order valence-electron chi connectivity index (χ1n) is 7.87. The van der Waals surface area contributed by atoms with Crippen molar-refractivity contribution >= 4 is 0 Å². The van der Waals surface area contributed by atoms with Gasteiger partial charge >= 0.3 is 0 Å². The fourth-order valence-electron chi connectivity index (χ4n) is 2.38.